The summed E-state index contributed by atoms with van der Waals surface area (Å²) in [7, 11) is 0. The Morgan fingerprint density at radius 1 is 0.260 bits per heavy atom. The van der Waals surface area contributed by atoms with Gasteiger partial charge in [-0.25, -0.2) is 0 Å². The van der Waals surface area contributed by atoms with Gasteiger partial charge >= 0.3 is 29.8 Å². The van der Waals surface area contributed by atoms with Gasteiger partial charge in [0.25, 0.3) is 0 Å². The molecule has 0 saturated heterocycles. The molecule has 16 rings (SSSR count). The molecule has 127 heavy (non-hydrogen) atoms. The van der Waals surface area contributed by atoms with Crippen molar-refractivity contribution in [2.45, 2.75) is 127 Å². The fraction of sp³-hybridized carbons (Fsp3) is 0.337. The minimum absolute atomic E-state index is 0.0115. The lowest BCUT2D eigenvalue weighted by atomic mass is 9.88. The molecule has 0 radical (unpaired) electrons. The van der Waals surface area contributed by atoms with Gasteiger partial charge in [0, 0.05) is 150 Å². The van der Waals surface area contributed by atoms with Crippen LogP contribution < -0.4 is 0 Å². The second-order valence-corrected chi connectivity index (χ2v) is 49.2. The first-order chi connectivity index (χ1) is 61.2. The van der Waals surface area contributed by atoms with Gasteiger partial charge in [0.1, 0.15) is 0 Å². The van der Waals surface area contributed by atoms with Crippen LogP contribution in [-0.2, 0) is 79.8 Å². The molecule has 11 unspecified atom stereocenters. The average molecular weight is 1930 g/mol. The Labute approximate surface area is 800 Å². The van der Waals surface area contributed by atoms with E-state index in [2.05, 4.69) is 236 Å². The van der Waals surface area contributed by atoms with E-state index in [0.717, 1.165) is 73.0 Å². The molecule has 0 bridgehead atoms. The maximum absolute atomic E-state index is 13.5. The van der Waals surface area contributed by atoms with Crippen LogP contribution in [0.1, 0.15) is 102 Å². The normalized spacial score (nSPS) is 19.4. The molecule has 0 amide bonds. The first-order valence-electron chi connectivity index (χ1n) is 42.8. The summed E-state index contributed by atoms with van der Waals surface area (Å²) in [5, 5.41) is 0. The van der Waals surface area contributed by atoms with Gasteiger partial charge in [0.2, 0.25) is 0 Å². The van der Waals surface area contributed by atoms with Gasteiger partial charge in [-0.15, -0.1) is 187 Å². The van der Waals surface area contributed by atoms with E-state index in [1.54, 1.807) is 147 Å². The monoisotopic (exact) mass is 1930 g/mol. The summed E-state index contributed by atoms with van der Waals surface area (Å²) in [4.78, 5) is 97.4. The fourth-order valence-corrected chi connectivity index (χ4v) is 30.9. The SMILES string of the molecule is C=CC1CC(C=C)C(COC(=O)Cc2cc(-c3ccc(C)s3)sc2-c2ccc(C)s2)C1.C=CC1CC(C=C)C(COC(=O)Cc2cc(-c3ccc(C)s3)sc2-c2ccc(C)s2)C1COC(=O)Cc1cc(-c2ccc(C)s2)sc1-c1ccc(C)s1.C=CC1CC(C=C)C(COC(=O)Cc2cc(C)sc2-c2ccc(C)s2)C1COC(=O)Cc1cc(-c2ccc(C)s2)sc1C. The number of thiophene rings is 13. The maximum Gasteiger partial charge on any atom is 0.310 e. The predicted octanol–water partition coefficient (Wildman–Crippen LogP) is 30.6. The molecular weight excluding hydrogens is 1830 g/mol. The molecule has 0 aliphatic heterocycles. The second-order valence-electron chi connectivity index (χ2n) is 33.2. The summed E-state index contributed by atoms with van der Waals surface area (Å²) in [5.41, 5.74) is 5.07. The van der Waals surface area contributed by atoms with Crippen molar-refractivity contribution >= 4 is 177 Å². The minimum Gasteiger partial charge on any atom is -0.465 e. The Balaban J connectivity index is 0.000000160. The lowest BCUT2D eigenvalue weighted by Gasteiger charge is -2.24. The highest BCUT2D eigenvalue weighted by Gasteiger charge is 2.44. The summed E-state index contributed by atoms with van der Waals surface area (Å²) >= 11 is 22.8. The van der Waals surface area contributed by atoms with Gasteiger partial charge in [-0.05, 0) is 292 Å². The highest BCUT2D eigenvalue weighted by atomic mass is 32.1. The lowest BCUT2D eigenvalue weighted by Crippen LogP contribution is -2.28. The predicted molar refractivity (Wildman–Crippen MR) is 547 cm³/mol. The number of rotatable bonds is 34. The minimum atomic E-state index is -0.252. The zero-order valence-electron chi connectivity index (χ0n) is 73.5. The summed E-state index contributed by atoms with van der Waals surface area (Å²) in [5.74, 6) is 0.631. The zero-order chi connectivity index (χ0) is 89.9. The van der Waals surface area contributed by atoms with E-state index >= 15 is 0 Å². The van der Waals surface area contributed by atoms with Crippen molar-refractivity contribution in [3.8, 4) is 78.0 Å². The molecule has 0 N–H and O–H groups in total. The van der Waals surface area contributed by atoms with Gasteiger partial charge < -0.3 is 23.7 Å². The molecule has 0 spiro atoms. The van der Waals surface area contributed by atoms with Crippen LogP contribution in [0.5, 0.6) is 0 Å². The van der Waals surface area contributed by atoms with Crippen LogP contribution in [0.3, 0.4) is 0 Å². The molecule has 3 aliphatic rings. The van der Waals surface area contributed by atoms with Gasteiger partial charge in [-0.2, -0.15) is 0 Å². The lowest BCUT2D eigenvalue weighted by molar-refractivity contribution is -0.149. The number of allylic oxidation sites excluding steroid dienone is 6. The van der Waals surface area contributed by atoms with Crippen molar-refractivity contribution in [1.82, 2.24) is 0 Å². The van der Waals surface area contributed by atoms with Crippen molar-refractivity contribution in [2.24, 2.45) is 65.1 Å². The molecule has 13 aromatic rings. The summed E-state index contributed by atoms with van der Waals surface area (Å²) < 4.78 is 29.7. The third-order valence-electron chi connectivity index (χ3n) is 24.1. The number of hydrogen-bond acceptors (Lipinski definition) is 23. The third kappa shape index (κ3) is 24.0. The van der Waals surface area contributed by atoms with Crippen molar-refractivity contribution in [3.05, 3.63) is 280 Å². The van der Waals surface area contributed by atoms with Crippen molar-refractivity contribution < 1.29 is 47.7 Å². The quantitative estimate of drug-likeness (QED) is 0.0218. The van der Waals surface area contributed by atoms with Gasteiger partial charge in [0.05, 0.1) is 65.1 Å². The molecule has 3 fully saturated rings. The molecule has 3 aliphatic carbocycles. The zero-order valence-corrected chi connectivity index (χ0v) is 84.1. The van der Waals surface area contributed by atoms with Crippen LogP contribution in [0.4, 0.5) is 0 Å². The Morgan fingerprint density at radius 3 is 0.787 bits per heavy atom. The molecule has 13 heterocycles. The smallest absolute Gasteiger partial charge is 0.310 e. The first kappa shape index (κ1) is 95.0. The molecule has 0 aromatic carbocycles. The number of ether oxygens (including phenoxy) is 5. The van der Waals surface area contributed by atoms with E-state index in [9.17, 15) is 24.0 Å². The number of carbonyl (C=O) groups is 5. The van der Waals surface area contributed by atoms with E-state index in [0.29, 0.717) is 30.8 Å². The molecule has 662 valence electrons. The highest BCUT2D eigenvalue weighted by Crippen LogP contribution is 2.51. The fourth-order valence-electron chi connectivity index (χ4n) is 17.4. The van der Waals surface area contributed by atoms with Crippen molar-refractivity contribution in [2.75, 3.05) is 33.0 Å². The standard InChI is InChI=1S/C43H42O4S6.C35H38O4S4.C26H28O2S3/c1-7-28-17-29(8-2)33(23-47-41(45)21-31-19-39(35-14-10-25(4)49-35)53-43(31)37-16-12-27(6)51-37)32(28)22-46-40(44)20-30-18-38(34-13-9-24(3)48-34)52-42(30)36-15-11-26(5)50-36;1-7-24-14-25(8-2)29(19-39-34(37)17-27-13-22(5)42-35(27)31-12-10-21(4)41-31)28(24)18-38-33(36)16-26-15-32(43-23(26)6)30-11-9-20(3)40-30;1-5-18-11-19(6-2)21(12-18)15-28-25(27)14-20-13-24(22-9-7-16(3)29-22)31-26(20)23-10-8-17(4)30-23/h7-16,18-19,28-29,32-33H,1-2,17,20-23H2,3-6H3;7-13,15,24-25,28-29H,1-2,14,16-19H2,3-6H3;5-10,13,18-19,21H,1-2,11-12,14-15H2,3-4H3. The van der Waals surface area contributed by atoms with Gasteiger partial charge in [-0.1, -0.05) is 36.5 Å². The van der Waals surface area contributed by atoms with Gasteiger partial charge in [-0.3, -0.25) is 24.0 Å². The van der Waals surface area contributed by atoms with Crippen LogP contribution in [-0.4, -0.2) is 62.9 Å². The van der Waals surface area contributed by atoms with Crippen molar-refractivity contribution in [1.29, 1.82) is 0 Å². The van der Waals surface area contributed by atoms with Crippen molar-refractivity contribution in [3.63, 3.8) is 0 Å². The topological polar surface area (TPSA) is 132 Å². The molecular formula is C104H108O10S13. The van der Waals surface area contributed by atoms with E-state index in [4.69, 9.17) is 23.7 Å². The molecule has 13 aromatic heterocycles. The number of hydrogen-bond donors (Lipinski definition) is 0. The van der Waals surface area contributed by atoms with E-state index in [1.807, 2.05) is 36.5 Å². The Hall–Kier alpha value is -8.11. The van der Waals surface area contributed by atoms with Crippen LogP contribution in [0, 0.1) is 134 Å². The van der Waals surface area contributed by atoms with Crippen LogP contribution in [0.25, 0.3) is 78.0 Å². The van der Waals surface area contributed by atoms with E-state index in [1.165, 1.54) is 107 Å². The molecule has 11 atom stereocenters. The Kier molecular flexibility index (Phi) is 32.7. The van der Waals surface area contributed by atoms with Crippen LogP contribution >= 0.6 is 147 Å². The maximum atomic E-state index is 13.5. The summed E-state index contributed by atoms with van der Waals surface area (Å²) in [6, 6.07) is 44.9. The number of aryl methyl sites for hydroxylation is 10. The summed E-state index contributed by atoms with van der Waals surface area (Å²) in [6.45, 7) is 46.7. The largest absolute Gasteiger partial charge is 0.465 e. The summed E-state index contributed by atoms with van der Waals surface area (Å²) in [6.07, 6.45) is 16.8. The average Bonchev–Trinajstić information content (AvgIpc) is 1.66. The third-order valence-corrected chi connectivity index (χ3v) is 39.3. The Morgan fingerprint density at radius 2 is 0.512 bits per heavy atom. The second kappa shape index (κ2) is 43.7. The molecule has 3 saturated carbocycles. The van der Waals surface area contributed by atoms with Gasteiger partial charge in [0.15, 0.2) is 0 Å². The Bertz CT molecular complexity index is 5920. The molecule has 10 nitrogen and oxygen atoms in total. The first-order valence-corrected chi connectivity index (χ1v) is 53.5. The van der Waals surface area contributed by atoms with E-state index < -0.39 is 0 Å². The molecule has 23 heteroatoms. The number of esters is 5. The van der Waals surface area contributed by atoms with E-state index in [-0.39, 0.29) is 129 Å². The van der Waals surface area contributed by atoms with Crippen LogP contribution in [0.2, 0.25) is 0 Å². The van der Waals surface area contributed by atoms with Crippen LogP contribution in [0.15, 0.2) is 203 Å². The highest BCUT2D eigenvalue weighted by molar-refractivity contribution is 7.28. The number of carbonyl (C=O) groups excluding carboxylic acids is 5.